The molecule has 0 saturated heterocycles. The van der Waals surface area contributed by atoms with Gasteiger partial charge in [0.15, 0.2) is 6.10 Å². The van der Waals surface area contributed by atoms with Gasteiger partial charge in [0, 0.05) is 19.3 Å². The molecule has 0 radical (unpaired) electrons. The lowest BCUT2D eigenvalue weighted by Crippen LogP contribution is -2.30. The molecule has 0 amide bonds. The number of hydrogen-bond acceptors (Lipinski definition) is 6. The van der Waals surface area contributed by atoms with E-state index in [2.05, 4.69) is 142 Å². The summed E-state index contributed by atoms with van der Waals surface area (Å²) in [6, 6.07) is 0. The zero-order chi connectivity index (χ0) is 48.6. The maximum absolute atomic E-state index is 12.8. The number of unbranched alkanes of at least 4 members (excludes halogenated alkanes) is 16. The summed E-state index contributed by atoms with van der Waals surface area (Å²) in [4.78, 5) is 38.1. The highest BCUT2D eigenvalue weighted by atomic mass is 16.6. The minimum absolute atomic E-state index is 0.117. The van der Waals surface area contributed by atoms with Crippen LogP contribution < -0.4 is 0 Å². The van der Waals surface area contributed by atoms with E-state index >= 15 is 0 Å². The van der Waals surface area contributed by atoms with Crippen LogP contribution in [0.15, 0.2) is 122 Å². The first kappa shape index (κ1) is 62.8. The molecule has 0 N–H and O–H groups in total. The first-order chi connectivity index (χ1) is 33.0. The van der Waals surface area contributed by atoms with E-state index in [1.807, 2.05) is 0 Å². The van der Waals surface area contributed by atoms with Gasteiger partial charge in [-0.25, -0.2) is 0 Å². The van der Waals surface area contributed by atoms with Crippen molar-refractivity contribution < 1.29 is 28.6 Å². The highest BCUT2D eigenvalue weighted by Crippen LogP contribution is 2.12. The second kappa shape index (κ2) is 54.4. The van der Waals surface area contributed by atoms with E-state index in [0.29, 0.717) is 19.3 Å². The summed E-state index contributed by atoms with van der Waals surface area (Å²) in [6.45, 7) is 6.38. The number of carbonyl (C=O) groups is 3. The lowest BCUT2D eigenvalue weighted by atomic mass is 10.1. The van der Waals surface area contributed by atoms with Gasteiger partial charge in [-0.2, -0.15) is 0 Å². The third kappa shape index (κ3) is 52.6. The molecule has 0 unspecified atom stereocenters. The molecule has 6 nitrogen and oxygen atoms in total. The molecule has 0 saturated carbocycles. The van der Waals surface area contributed by atoms with Crippen LogP contribution in [0.2, 0.25) is 0 Å². The Morgan fingerprint density at radius 1 is 0.313 bits per heavy atom. The molecule has 0 aromatic heterocycles. The fourth-order valence-electron chi connectivity index (χ4n) is 6.86. The molecule has 0 bridgehead atoms. The molecule has 0 aliphatic rings. The van der Waals surface area contributed by atoms with Crippen LogP contribution in [0.3, 0.4) is 0 Å². The Morgan fingerprint density at radius 2 is 0.582 bits per heavy atom. The highest BCUT2D eigenvalue weighted by Gasteiger charge is 2.19. The Morgan fingerprint density at radius 3 is 0.955 bits per heavy atom. The molecule has 0 aliphatic heterocycles. The standard InChI is InChI=1S/C61H98O6/c1-4-7-10-13-16-19-22-25-28-29-30-31-34-36-39-42-45-48-51-54-60(63)66-57-58(67-61(64)55-52-49-46-43-40-37-33-27-24-21-18-15-12-9-6-3)56-65-59(62)53-50-47-44-41-38-35-32-26-23-20-17-14-11-8-5-2/h9,12,16-21,25-28,30-33,36,38-39,41,58H,4-8,10-11,13-15,22-24,29,34-35,37,40,42-57H2,1-3H3/b12-9-,19-16-,20-17-,21-18-,28-25-,31-30-,32-26-,33-27-,39-36-,41-38-/t58-/m0/s1. The molecular formula is C61H98O6. The summed E-state index contributed by atoms with van der Waals surface area (Å²) in [5, 5.41) is 0. The van der Waals surface area contributed by atoms with Crippen LogP contribution in [0, 0.1) is 0 Å². The summed E-state index contributed by atoms with van der Waals surface area (Å²) in [7, 11) is 0. The first-order valence-corrected chi connectivity index (χ1v) is 27.0. The first-order valence-electron chi connectivity index (χ1n) is 27.0. The molecule has 0 aromatic carbocycles. The molecule has 0 heterocycles. The summed E-state index contributed by atoms with van der Waals surface area (Å²) >= 11 is 0. The molecule has 0 rings (SSSR count). The van der Waals surface area contributed by atoms with E-state index in [9.17, 15) is 14.4 Å². The van der Waals surface area contributed by atoms with Gasteiger partial charge < -0.3 is 14.2 Å². The number of hydrogen-bond donors (Lipinski definition) is 0. The van der Waals surface area contributed by atoms with Crippen LogP contribution >= 0.6 is 0 Å². The Hall–Kier alpha value is -4.19. The van der Waals surface area contributed by atoms with Crippen molar-refractivity contribution in [1.29, 1.82) is 0 Å². The van der Waals surface area contributed by atoms with Crippen molar-refractivity contribution >= 4 is 17.9 Å². The lowest BCUT2D eigenvalue weighted by Gasteiger charge is -2.18. The van der Waals surface area contributed by atoms with Crippen LogP contribution in [-0.4, -0.2) is 37.2 Å². The third-order valence-electron chi connectivity index (χ3n) is 10.9. The average molecular weight is 927 g/mol. The monoisotopic (exact) mass is 927 g/mol. The number of rotatable bonds is 47. The van der Waals surface area contributed by atoms with Crippen molar-refractivity contribution in [3.05, 3.63) is 122 Å². The minimum Gasteiger partial charge on any atom is -0.462 e. The van der Waals surface area contributed by atoms with Crippen LogP contribution in [0.5, 0.6) is 0 Å². The fraction of sp³-hybridized carbons (Fsp3) is 0.623. The highest BCUT2D eigenvalue weighted by molar-refractivity contribution is 5.71. The van der Waals surface area contributed by atoms with Gasteiger partial charge in [0.1, 0.15) is 13.2 Å². The van der Waals surface area contributed by atoms with Gasteiger partial charge in [0.05, 0.1) is 0 Å². The Kier molecular flexibility index (Phi) is 51.0. The lowest BCUT2D eigenvalue weighted by molar-refractivity contribution is -0.167. The van der Waals surface area contributed by atoms with Crippen molar-refractivity contribution in [2.45, 2.75) is 232 Å². The number of ether oxygens (including phenoxy) is 3. The predicted octanol–water partition coefficient (Wildman–Crippen LogP) is 18.1. The van der Waals surface area contributed by atoms with E-state index in [0.717, 1.165) is 128 Å². The zero-order valence-corrected chi connectivity index (χ0v) is 43.1. The zero-order valence-electron chi connectivity index (χ0n) is 43.1. The van der Waals surface area contributed by atoms with Crippen LogP contribution in [-0.2, 0) is 28.6 Å². The second-order valence-electron chi connectivity index (χ2n) is 17.4. The van der Waals surface area contributed by atoms with Gasteiger partial charge in [-0.05, 0) is 135 Å². The van der Waals surface area contributed by atoms with Gasteiger partial charge in [-0.3, -0.25) is 14.4 Å². The molecule has 0 fully saturated rings. The van der Waals surface area contributed by atoms with E-state index < -0.39 is 6.10 Å². The number of allylic oxidation sites excluding steroid dienone is 20. The van der Waals surface area contributed by atoms with Crippen molar-refractivity contribution in [3.63, 3.8) is 0 Å². The molecule has 0 aliphatic carbocycles. The maximum Gasteiger partial charge on any atom is 0.306 e. The molecular weight excluding hydrogens is 829 g/mol. The Labute approximate surface area is 412 Å². The summed E-state index contributed by atoms with van der Waals surface area (Å²) < 4.78 is 16.8. The molecule has 67 heavy (non-hydrogen) atoms. The normalized spacial score (nSPS) is 13.1. The molecule has 6 heteroatoms. The molecule has 0 spiro atoms. The average Bonchev–Trinajstić information content (AvgIpc) is 3.33. The SMILES string of the molecule is CC/C=C\C/C=C\C/C=C\CCCCCCCC(=O)O[C@@H](COC(=O)CCCC/C=C\C/C=C\C/C=C\CCCCC)COC(=O)CCCCC/C=C\C/C=C\C/C=C\C/C=C\CCCCC. The third-order valence-corrected chi connectivity index (χ3v) is 10.9. The van der Waals surface area contributed by atoms with Gasteiger partial charge >= 0.3 is 17.9 Å². The largest absolute Gasteiger partial charge is 0.462 e. The second-order valence-corrected chi connectivity index (χ2v) is 17.4. The summed E-state index contributed by atoms with van der Waals surface area (Å²) in [5.74, 6) is -1.01. The summed E-state index contributed by atoms with van der Waals surface area (Å²) in [5.41, 5.74) is 0. The van der Waals surface area contributed by atoms with E-state index in [1.165, 1.54) is 51.4 Å². The summed E-state index contributed by atoms with van der Waals surface area (Å²) in [6.07, 6.45) is 74.7. The Bertz CT molecular complexity index is 1440. The Balaban J connectivity index is 4.55. The van der Waals surface area contributed by atoms with Gasteiger partial charge in [0.25, 0.3) is 0 Å². The molecule has 378 valence electrons. The number of carbonyl (C=O) groups excluding carboxylic acids is 3. The maximum atomic E-state index is 12.8. The minimum atomic E-state index is -0.820. The van der Waals surface area contributed by atoms with Crippen molar-refractivity contribution in [3.8, 4) is 0 Å². The number of esters is 3. The quantitative estimate of drug-likeness (QED) is 0.0262. The predicted molar refractivity (Wildman–Crippen MR) is 288 cm³/mol. The van der Waals surface area contributed by atoms with Gasteiger partial charge in [0.2, 0.25) is 0 Å². The van der Waals surface area contributed by atoms with E-state index in [1.54, 1.807) is 0 Å². The van der Waals surface area contributed by atoms with Crippen molar-refractivity contribution in [2.75, 3.05) is 13.2 Å². The van der Waals surface area contributed by atoms with Crippen molar-refractivity contribution in [1.82, 2.24) is 0 Å². The smallest absolute Gasteiger partial charge is 0.306 e. The van der Waals surface area contributed by atoms with Crippen LogP contribution in [0.4, 0.5) is 0 Å². The van der Waals surface area contributed by atoms with Crippen LogP contribution in [0.25, 0.3) is 0 Å². The van der Waals surface area contributed by atoms with Crippen molar-refractivity contribution in [2.24, 2.45) is 0 Å². The molecule has 1 atom stereocenters. The van der Waals surface area contributed by atoms with E-state index in [4.69, 9.17) is 14.2 Å². The molecule has 0 aromatic rings. The topological polar surface area (TPSA) is 78.9 Å². The van der Waals surface area contributed by atoms with Crippen LogP contribution in [0.1, 0.15) is 226 Å². The van der Waals surface area contributed by atoms with E-state index in [-0.39, 0.29) is 37.5 Å². The fourth-order valence-corrected chi connectivity index (χ4v) is 6.86. The van der Waals surface area contributed by atoms with Gasteiger partial charge in [-0.15, -0.1) is 0 Å². The van der Waals surface area contributed by atoms with Gasteiger partial charge in [-0.1, -0.05) is 194 Å².